The molecule has 0 aromatic carbocycles. The number of nitrogens with one attached hydrogen (secondary N) is 2. The molecule has 2 N–H and O–H groups in total. The average molecular weight is 239 g/mol. The van der Waals surface area contributed by atoms with Crippen LogP contribution in [0.1, 0.15) is 25.3 Å². The summed E-state index contributed by atoms with van der Waals surface area (Å²) in [7, 11) is 0. The zero-order chi connectivity index (χ0) is 11.8. The molecule has 6 heteroatoms. The van der Waals surface area contributed by atoms with E-state index in [1.807, 2.05) is 19.2 Å². The zero-order valence-electron chi connectivity index (χ0n) is 9.11. The second kappa shape index (κ2) is 3.95. The summed E-state index contributed by atoms with van der Waals surface area (Å²) in [6, 6.07) is -0.452. The maximum atomic E-state index is 11.4. The number of nitrogens with zero attached hydrogens (tertiary/aromatic N) is 1. The monoisotopic (exact) mass is 239 g/mol. The van der Waals surface area contributed by atoms with Crippen molar-refractivity contribution in [2.45, 2.75) is 31.8 Å². The van der Waals surface area contributed by atoms with Crippen molar-refractivity contribution in [3.63, 3.8) is 0 Å². The molecule has 1 aliphatic heterocycles. The molecule has 2 rings (SSSR count). The minimum atomic E-state index is -0.452. The van der Waals surface area contributed by atoms with Gasteiger partial charge in [0.1, 0.15) is 5.01 Å². The van der Waals surface area contributed by atoms with Crippen LogP contribution < -0.4 is 10.6 Å². The first-order valence-corrected chi connectivity index (χ1v) is 5.88. The molecule has 2 heterocycles. The highest BCUT2D eigenvalue weighted by Gasteiger charge is 2.36. The van der Waals surface area contributed by atoms with Gasteiger partial charge in [-0.05, 0) is 13.8 Å². The standard InChI is InChI=1S/C10H13N3O2S/c1-10(2,9-11-3-4-16-9)13-6-5-7(14)12-8(6)15/h3-4,6,13H,5H2,1-2H3,(H,12,14,15). The normalized spacial score (nSPS) is 21.2. The van der Waals surface area contributed by atoms with Crippen molar-refractivity contribution in [2.75, 3.05) is 0 Å². The molecule has 0 radical (unpaired) electrons. The predicted octanol–water partition coefficient (Wildman–Crippen LogP) is 0.383. The Morgan fingerprint density at radius 2 is 2.31 bits per heavy atom. The molecule has 1 unspecified atom stereocenters. The van der Waals surface area contributed by atoms with Gasteiger partial charge in [-0.15, -0.1) is 11.3 Å². The van der Waals surface area contributed by atoms with Crippen LogP contribution in [0.4, 0.5) is 0 Å². The fourth-order valence-electron chi connectivity index (χ4n) is 1.70. The minimum Gasteiger partial charge on any atom is -0.295 e. The molecule has 1 aromatic rings. The maximum Gasteiger partial charge on any atom is 0.244 e. The molecule has 86 valence electrons. The highest BCUT2D eigenvalue weighted by Crippen LogP contribution is 2.23. The smallest absolute Gasteiger partial charge is 0.244 e. The number of rotatable bonds is 3. The molecule has 5 nitrogen and oxygen atoms in total. The summed E-state index contributed by atoms with van der Waals surface area (Å²) in [6.45, 7) is 3.89. The first kappa shape index (κ1) is 11.2. The summed E-state index contributed by atoms with van der Waals surface area (Å²) >= 11 is 1.53. The molecule has 1 atom stereocenters. The Hall–Kier alpha value is -1.27. The summed E-state index contributed by atoms with van der Waals surface area (Å²) in [6.07, 6.45) is 1.93. The first-order valence-electron chi connectivity index (χ1n) is 5.00. The predicted molar refractivity (Wildman–Crippen MR) is 59.8 cm³/mol. The van der Waals surface area contributed by atoms with Crippen molar-refractivity contribution in [3.8, 4) is 0 Å². The Labute approximate surface area is 97.3 Å². The van der Waals surface area contributed by atoms with Crippen molar-refractivity contribution in [3.05, 3.63) is 16.6 Å². The van der Waals surface area contributed by atoms with Crippen molar-refractivity contribution in [2.24, 2.45) is 0 Å². The van der Waals surface area contributed by atoms with Gasteiger partial charge in [0.2, 0.25) is 11.8 Å². The summed E-state index contributed by atoms with van der Waals surface area (Å²) in [5, 5.41) is 8.22. The second-order valence-corrected chi connectivity index (χ2v) is 5.17. The second-order valence-electron chi connectivity index (χ2n) is 4.28. The van der Waals surface area contributed by atoms with Gasteiger partial charge in [0.25, 0.3) is 0 Å². The molecule has 0 aliphatic carbocycles. The van der Waals surface area contributed by atoms with Crippen LogP contribution in [-0.2, 0) is 15.1 Å². The Morgan fingerprint density at radius 3 is 2.81 bits per heavy atom. The highest BCUT2D eigenvalue weighted by molar-refractivity contribution is 7.09. The summed E-state index contributed by atoms with van der Waals surface area (Å²) in [5.74, 6) is -0.480. The van der Waals surface area contributed by atoms with Crippen LogP contribution in [0.15, 0.2) is 11.6 Å². The lowest BCUT2D eigenvalue weighted by atomic mass is 10.0. The quantitative estimate of drug-likeness (QED) is 0.748. The van der Waals surface area contributed by atoms with Gasteiger partial charge in [-0.1, -0.05) is 0 Å². The van der Waals surface area contributed by atoms with Gasteiger partial charge in [-0.3, -0.25) is 20.2 Å². The lowest BCUT2D eigenvalue weighted by Gasteiger charge is -2.26. The molecular weight excluding hydrogens is 226 g/mol. The number of thiazole rings is 1. The number of hydrogen-bond donors (Lipinski definition) is 2. The minimum absolute atomic E-state index is 0.202. The van der Waals surface area contributed by atoms with Gasteiger partial charge in [0.15, 0.2) is 0 Å². The van der Waals surface area contributed by atoms with Gasteiger partial charge in [-0.25, -0.2) is 4.98 Å². The van der Waals surface area contributed by atoms with Crippen LogP contribution in [0.3, 0.4) is 0 Å². The molecule has 0 saturated carbocycles. The van der Waals surface area contributed by atoms with Crippen LogP contribution in [0, 0.1) is 0 Å². The summed E-state index contributed by atoms with van der Waals surface area (Å²) < 4.78 is 0. The van der Waals surface area contributed by atoms with Crippen LogP contribution in [0.5, 0.6) is 0 Å². The molecule has 2 amide bonds. The van der Waals surface area contributed by atoms with E-state index in [1.54, 1.807) is 6.20 Å². The maximum absolute atomic E-state index is 11.4. The van der Waals surface area contributed by atoms with E-state index in [9.17, 15) is 9.59 Å². The summed E-state index contributed by atoms with van der Waals surface area (Å²) in [4.78, 5) is 26.7. The van der Waals surface area contributed by atoms with Crippen molar-refractivity contribution in [1.82, 2.24) is 15.6 Å². The van der Waals surface area contributed by atoms with Gasteiger partial charge in [-0.2, -0.15) is 0 Å². The molecule has 1 fully saturated rings. The molecule has 16 heavy (non-hydrogen) atoms. The number of aromatic nitrogens is 1. The zero-order valence-corrected chi connectivity index (χ0v) is 9.93. The van der Waals surface area contributed by atoms with Crippen LogP contribution in [0.25, 0.3) is 0 Å². The van der Waals surface area contributed by atoms with Gasteiger partial charge < -0.3 is 0 Å². The number of imide groups is 1. The molecular formula is C10H13N3O2S. The topological polar surface area (TPSA) is 71.1 Å². The lowest BCUT2D eigenvalue weighted by Crippen LogP contribution is -2.47. The Morgan fingerprint density at radius 1 is 1.56 bits per heavy atom. The van der Waals surface area contributed by atoms with E-state index in [0.29, 0.717) is 0 Å². The number of carbonyl (C=O) groups is 2. The lowest BCUT2D eigenvalue weighted by molar-refractivity contribution is -0.125. The molecule has 1 saturated heterocycles. The fourth-order valence-corrected chi connectivity index (χ4v) is 2.43. The number of hydrogen-bond acceptors (Lipinski definition) is 5. The van der Waals surface area contributed by atoms with Crippen molar-refractivity contribution < 1.29 is 9.59 Å². The Kier molecular flexibility index (Phi) is 2.77. The SMILES string of the molecule is CC(C)(NC1CC(=O)NC1=O)c1nccs1. The molecule has 1 aromatic heterocycles. The third kappa shape index (κ3) is 2.12. The third-order valence-electron chi connectivity index (χ3n) is 2.47. The van der Waals surface area contributed by atoms with Crippen molar-refractivity contribution in [1.29, 1.82) is 0 Å². The average Bonchev–Trinajstić information content (AvgIpc) is 2.76. The van der Waals surface area contributed by atoms with Crippen LogP contribution >= 0.6 is 11.3 Å². The largest absolute Gasteiger partial charge is 0.295 e. The fraction of sp³-hybridized carbons (Fsp3) is 0.500. The molecule has 1 aliphatic rings. The molecule has 0 spiro atoms. The number of amides is 2. The van der Waals surface area contributed by atoms with E-state index in [4.69, 9.17) is 0 Å². The van der Waals surface area contributed by atoms with E-state index in [1.165, 1.54) is 11.3 Å². The van der Waals surface area contributed by atoms with E-state index in [-0.39, 0.29) is 18.2 Å². The van der Waals surface area contributed by atoms with E-state index in [0.717, 1.165) is 5.01 Å². The Bertz CT molecular complexity index is 414. The van der Waals surface area contributed by atoms with E-state index in [2.05, 4.69) is 15.6 Å². The van der Waals surface area contributed by atoms with Crippen LogP contribution in [-0.4, -0.2) is 22.8 Å². The van der Waals surface area contributed by atoms with Crippen LogP contribution in [0.2, 0.25) is 0 Å². The number of carbonyl (C=O) groups excluding carboxylic acids is 2. The van der Waals surface area contributed by atoms with Gasteiger partial charge >= 0.3 is 0 Å². The van der Waals surface area contributed by atoms with E-state index < -0.39 is 11.6 Å². The molecule has 0 bridgehead atoms. The van der Waals surface area contributed by atoms with Crippen molar-refractivity contribution >= 4 is 23.2 Å². The Balaban J connectivity index is 2.10. The third-order valence-corrected chi connectivity index (χ3v) is 3.57. The summed E-state index contributed by atoms with van der Waals surface area (Å²) in [5.41, 5.74) is -0.402. The van der Waals surface area contributed by atoms with E-state index >= 15 is 0 Å². The van der Waals surface area contributed by atoms with Gasteiger partial charge in [0, 0.05) is 11.6 Å². The first-order chi connectivity index (χ1) is 7.49. The van der Waals surface area contributed by atoms with Gasteiger partial charge in [0.05, 0.1) is 18.0 Å². The highest BCUT2D eigenvalue weighted by atomic mass is 32.1.